The molecular formula is C17H29NOS. The van der Waals surface area contributed by atoms with E-state index in [-0.39, 0.29) is 12.1 Å². The lowest BCUT2D eigenvalue weighted by molar-refractivity contribution is 0.146. The summed E-state index contributed by atoms with van der Waals surface area (Å²) in [5.74, 6) is 1.11. The number of hydrogen-bond donors (Lipinski definition) is 2. The lowest BCUT2D eigenvalue weighted by Crippen LogP contribution is -2.48. The highest BCUT2D eigenvalue weighted by Gasteiger charge is 2.25. The van der Waals surface area contributed by atoms with Crippen molar-refractivity contribution in [2.24, 2.45) is 0 Å². The van der Waals surface area contributed by atoms with Crippen LogP contribution in [0.1, 0.15) is 45.1 Å². The van der Waals surface area contributed by atoms with Crippen LogP contribution in [0.2, 0.25) is 0 Å². The van der Waals surface area contributed by atoms with Crippen molar-refractivity contribution in [3.8, 4) is 0 Å². The molecule has 1 aromatic carbocycles. The molecule has 2 nitrogen and oxygen atoms in total. The number of thioether (sulfide) groups is 1. The lowest BCUT2D eigenvalue weighted by Gasteiger charge is -2.32. The molecular weight excluding hydrogens is 266 g/mol. The molecule has 1 atom stereocenters. The molecule has 3 heteroatoms. The Hall–Kier alpha value is -0.510. The quantitative estimate of drug-likeness (QED) is 0.505. The van der Waals surface area contributed by atoms with Crippen molar-refractivity contribution < 1.29 is 5.11 Å². The monoisotopic (exact) mass is 295 g/mol. The summed E-state index contributed by atoms with van der Waals surface area (Å²) in [6.07, 6.45) is 4.27. The third kappa shape index (κ3) is 5.47. The average Bonchev–Trinajstić information content (AvgIpc) is 2.49. The molecule has 0 aliphatic heterocycles. The number of hydrogen-bond acceptors (Lipinski definition) is 3. The third-order valence-corrected chi connectivity index (χ3v) is 5.14. The van der Waals surface area contributed by atoms with Crippen LogP contribution in [-0.4, -0.2) is 29.5 Å². The van der Waals surface area contributed by atoms with Gasteiger partial charge in [0, 0.05) is 10.4 Å². The molecule has 20 heavy (non-hydrogen) atoms. The van der Waals surface area contributed by atoms with E-state index in [1.807, 2.05) is 11.8 Å². The fraction of sp³-hybridized carbons (Fsp3) is 0.647. The molecule has 1 aromatic rings. The Morgan fingerprint density at radius 3 is 2.60 bits per heavy atom. The van der Waals surface area contributed by atoms with Crippen LogP contribution in [0.4, 0.5) is 0 Å². The van der Waals surface area contributed by atoms with Gasteiger partial charge in [0.05, 0.1) is 6.61 Å². The maximum atomic E-state index is 9.69. The van der Waals surface area contributed by atoms with E-state index in [1.165, 1.54) is 10.5 Å². The van der Waals surface area contributed by atoms with Gasteiger partial charge in [-0.1, -0.05) is 32.0 Å². The number of benzene rings is 1. The highest BCUT2D eigenvalue weighted by Crippen LogP contribution is 2.25. The molecule has 0 aliphatic rings. The van der Waals surface area contributed by atoms with Gasteiger partial charge >= 0.3 is 0 Å². The first-order chi connectivity index (χ1) is 9.67. The molecule has 0 aliphatic carbocycles. The summed E-state index contributed by atoms with van der Waals surface area (Å²) in [4.78, 5) is 1.38. The van der Waals surface area contributed by atoms with Crippen molar-refractivity contribution in [3.05, 3.63) is 29.8 Å². The number of rotatable bonds is 10. The maximum absolute atomic E-state index is 9.69. The molecule has 0 amide bonds. The summed E-state index contributed by atoms with van der Waals surface area (Å²) in [5, 5.41) is 13.2. The standard InChI is InChI=1S/C17H29NOS/c1-4-12-18-17(5-2,14-19)11-8-13-20-16-10-7-6-9-15(16)3/h6-7,9-10,18-19H,4-5,8,11-14H2,1-3H3. The van der Waals surface area contributed by atoms with E-state index in [4.69, 9.17) is 0 Å². The van der Waals surface area contributed by atoms with Gasteiger partial charge in [-0.2, -0.15) is 0 Å². The van der Waals surface area contributed by atoms with Crippen LogP contribution in [0.3, 0.4) is 0 Å². The molecule has 114 valence electrons. The van der Waals surface area contributed by atoms with Gasteiger partial charge in [0.25, 0.3) is 0 Å². The molecule has 0 bridgehead atoms. The Kier molecular flexibility index (Phi) is 8.27. The van der Waals surface area contributed by atoms with Gasteiger partial charge in [-0.15, -0.1) is 11.8 Å². The summed E-state index contributed by atoms with van der Waals surface area (Å²) >= 11 is 1.92. The minimum absolute atomic E-state index is 0.0810. The lowest BCUT2D eigenvalue weighted by atomic mass is 9.91. The topological polar surface area (TPSA) is 32.3 Å². The van der Waals surface area contributed by atoms with E-state index in [1.54, 1.807) is 0 Å². The molecule has 0 saturated heterocycles. The molecule has 1 rings (SSSR count). The first-order valence-electron chi connectivity index (χ1n) is 7.71. The molecule has 0 saturated carbocycles. The van der Waals surface area contributed by atoms with Crippen molar-refractivity contribution in [2.45, 2.75) is 56.9 Å². The second-order valence-corrected chi connectivity index (χ2v) is 6.57. The van der Waals surface area contributed by atoms with Crippen LogP contribution >= 0.6 is 11.8 Å². The minimum Gasteiger partial charge on any atom is -0.394 e. The fourth-order valence-electron chi connectivity index (χ4n) is 2.34. The number of aliphatic hydroxyl groups is 1. The van der Waals surface area contributed by atoms with Crippen LogP contribution in [0.5, 0.6) is 0 Å². The summed E-state index contributed by atoms with van der Waals surface area (Å²) in [6, 6.07) is 8.54. The molecule has 1 unspecified atom stereocenters. The third-order valence-electron chi connectivity index (χ3n) is 3.88. The minimum atomic E-state index is -0.0810. The summed E-state index contributed by atoms with van der Waals surface area (Å²) in [5.41, 5.74) is 1.27. The van der Waals surface area contributed by atoms with Crippen LogP contribution in [-0.2, 0) is 0 Å². The predicted molar refractivity (Wildman–Crippen MR) is 89.5 cm³/mol. The zero-order valence-corrected chi connectivity index (χ0v) is 13.9. The van der Waals surface area contributed by atoms with Crippen molar-refractivity contribution >= 4 is 11.8 Å². The van der Waals surface area contributed by atoms with E-state index in [9.17, 15) is 5.11 Å². The average molecular weight is 295 g/mol. The van der Waals surface area contributed by atoms with Crippen LogP contribution in [0.25, 0.3) is 0 Å². The van der Waals surface area contributed by atoms with E-state index < -0.39 is 0 Å². The predicted octanol–water partition coefficient (Wildman–Crippen LogP) is 4.01. The Balaban J connectivity index is 2.39. The van der Waals surface area contributed by atoms with E-state index in [0.717, 1.165) is 38.0 Å². The first kappa shape index (κ1) is 17.5. The summed E-state index contributed by atoms with van der Waals surface area (Å²) < 4.78 is 0. The van der Waals surface area contributed by atoms with Crippen molar-refractivity contribution in [2.75, 3.05) is 18.9 Å². The molecule has 0 aromatic heterocycles. The maximum Gasteiger partial charge on any atom is 0.0613 e. The zero-order chi connectivity index (χ0) is 14.8. The molecule has 0 fully saturated rings. The largest absolute Gasteiger partial charge is 0.394 e. The van der Waals surface area contributed by atoms with Gasteiger partial charge in [0.2, 0.25) is 0 Å². The van der Waals surface area contributed by atoms with Gasteiger partial charge in [-0.3, -0.25) is 0 Å². The Morgan fingerprint density at radius 1 is 1.25 bits per heavy atom. The number of nitrogens with one attached hydrogen (secondary N) is 1. The van der Waals surface area contributed by atoms with Crippen LogP contribution < -0.4 is 5.32 Å². The summed E-state index contributed by atoms with van der Waals surface area (Å²) in [7, 11) is 0. The zero-order valence-electron chi connectivity index (χ0n) is 13.1. The highest BCUT2D eigenvalue weighted by molar-refractivity contribution is 7.99. The smallest absolute Gasteiger partial charge is 0.0613 e. The molecule has 0 spiro atoms. The van der Waals surface area contributed by atoms with E-state index in [2.05, 4.69) is 50.4 Å². The van der Waals surface area contributed by atoms with Gasteiger partial charge in [0.15, 0.2) is 0 Å². The molecule has 0 radical (unpaired) electrons. The van der Waals surface area contributed by atoms with Crippen molar-refractivity contribution in [1.82, 2.24) is 5.32 Å². The van der Waals surface area contributed by atoms with Gasteiger partial charge in [0.1, 0.15) is 0 Å². The van der Waals surface area contributed by atoms with Crippen LogP contribution in [0.15, 0.2) is 29.2 Å². The highest BCUT2D eigenvalue weighted by atomic mass is 32.2. The Morgan fingerprint density at radius 2 is 2.00 bits per heavy atom. The Labute approximate surface area is 128 Å². The van der Waals surface area contributed by atoms with Crippen LogP contribution in [0, 0.1) is 6.92 Å². The number of aryl methyl sites for hydroxylation is 1. The van der Waals surface area contributed by atoms with Crippen molar-refractivity contribution in [3.63, 3.8) is 0 Å². The second kappa shape index (κ2) is 9.43. The second-order valence-electron chi connectivity index (χ2n) is 5.44. The summed E-state index contributed by atoms with van der Waals surface area (Å²) in [6.45, 7) is 7.71. The number of aliphatic hydroxyl groups excluding tert-OH is 1. The van der Waals surface area contributed by atoms with E-state index in [0.29, 0.717) is 0 Å². The SMILES string of the molecule is CCCNC(CC)(CO)CCCSc1ccccc1C. The van der Waals surface area contributed by atoms with E-state index >= 15 is 0 Å². The molecule has 2 N–H and O–H groups in total. The Bertz CT molecular complexity index is 377. The molecule has 0 heterocycles. The first-order valence-corrected chi connectivity index (χ1v) is 8.70. The van der Waals surface area contributed by atoms with Gasteiger partial charge in [-0.25, -0.2) is 0 Å². The van der Waals surface area contributed by atoms with Gasteiger partial charge < -0.3 is 10.4 Å². The van der Waals surface area contributed by atoms with Gasteiger partial charge in [-0.05, 0) is 56.5 Å². The fourth-order valence-corrected chi connectivity index (χ4v) is 3.32. The normalized spacial score (nSPS) is 14.2. The van der Waals surface area contributed by atoms with Crippen molar-refractivity contribution in [1.29, 1.82) is 0 Å².